The predicted molar refractivity (Wildman–Crippen MR) is 137 cm³/mol. The van der Waals surface area contributed by atoms with Crippen LogP contribution in [0.1, 0.15) is 37.3 Å². The van der Waals surface area contributed by atoms with Crippen molar-refractivity contribution in [3.8, 4) is 0 Å². The lowest BCUT2D eigenvalue weighted by Gasteiger charge is -2.27. The van der Waals surface area contributed by atoms with Crippen molar-refractivity contribution in [1.82, 2.24) is 4.31 Å². The third-order valence-electron chi connectivity index (χ3n) is 6.17. The van der Waals surface area contributed by atoms with Gasteiger partial charge in [-0.1, -0.05) is 67.9 Å². The van der Waals surface area contributed by atoms with E-state index in [4.69, 9.17) is 11.6 Å². The summed E-state index contributed by atoms with van der Waals surface area (Å²) in [6, 6.07) is 21.3. The van der Waals surface area contributed by atoms with Gasteiger partial charge in [0.15, 0.2) is 0 Å². The van der Waals surface area contributed by atoms with E-state index in [1.54, 1.807) is 12.1 Å². The van der Waals surface area contributed by atoms with Crippen LogP contribution in [0.3, 0.4) is 0 Å². The molecule has 3 aromatic carbocycles. The Morgan fingerprint density at radius 1 is 0.943 bits per heavy atom. The zero-order valence-electron chi connectivity index (χ0n) is 19.6. The van der Waals surface area contributed by atoms with Crippen molar-refractivity contribution in [2.24, 2.45) is 0 Å². The Morgan fingerprint density at radius 2 is 1.57 bits per heavy atom. The number of nitrogens with zero attached hydrogens (tertiary/aromatic N) is 2. The molecule has 0 bridgehead atoms. The van der Waals surface area contributed by atoms with Gasteiger partial charge < -0.3 is 0 Å². The van der Waals surface area contributed by atoms with Crippen LogP contribution in [0.2, 0.25) is 5.02 Å². The molecule has 35 heavy (non-hydrogen) atoms. The van der Waals surface area contributed by atoms with E-state index in [1.807, 2.05) is 42.5 Å². The summed E-state index contributed by atoms with van der Waals surface area (Å²) in [7, 11) is -4.08. The van der Waals surface area contributed by atoms with Gasteiger partial charge in [0.25, 0.3) is 5.91 Å². The second-order valence-electron chi connectivity index (χ2n) is 8.84. The van der Waals surface area contributed by atoms with Crippen molar-refractivity contribution in [2.45, 2.75) is 43.5 Å². The van der Waals surface area contributed by atoms with Crippen LogP contribution < -0.4 is 4.90 Å². The monoisotopic (exact) mass is 510 g/mol. The van der Waals surface area contributed by atoms with Crippen LogP contribution in [-0.2, 0) is 26.0 Å². The van der Waals surface area contributed by atoms with Gasteiger partial charge in [0.2, 0.25) is 15.9 Å². The summed E-state index contributed by atoms with van der Waals surface area (Å²) in [5, 5.41) is 0.405. The van der Waals surface area contributed by atoms with Gasteiger partial charge in [-0.05, 0) is 59.9 Å². The molecule has 1 atom stereocenters. The number of sulfonamides is 1. The number of carbonyl (C=O) groups excluding carboxylic acids is 2. The number of anilines is 1. The zero-order valence-corrected chi connectivity index (χ0v) is 21.2. The molecule has 1 aliphatic rings. The molecule has 6 nitrogen and oxygen atoms in total. The van der Waals surface area contributed by atoms with Crippen LogP contribution in [0.25, 0.3) is 0 Å². The van der Waals surface area contributed by atoms with Crippen molar-refractivity contribution in [3.63, 3.8) is 0 Å². The molecule has 0 radical (unpaired) electrons. The predicted octanol–water partition coefficient (Wildman–Crippen LogP) is 5.03. The minimum absolute atomic E-state index is 0.0231. The van der Waals surface area contributed by atoms with E-state index in [-0.39, 0.29) is 17.9 Å². The first-order valence-electron chi connectivity index (χ1n) is 11.5. The Balaban J connectivity index is 1.67. The third-order valence-corrected chi connectivity index (χ3v) is 8.35. The van der Waals surface area contributed by atoms with Crippen LogP contribution in [0.5, 0.6) is 0 Å². The Hall–Kier alpha value is -3.00. The normalized spacial score (nSPS) is 16.5. The Labute approximate surface area is 211 Å². The molecule has 3 aromatic rings. The highest BCUT2D eigenvalue weighted by atomic mass is 35.5. The first-order chi connectivity index (χ1) is 16.7. The molecule has 8 heteroatoms. The fourth-order valence-electron chi connectivity index (χ4n) is 4.19. The average molecular weight is 511 g/mol. The summed E-state index contributed by atoms with van der Waals surface area (Å²) in [6.45, 7) is 4.17. The highest BCUT2D eigenvalue weighted by molar-refractivity contribution is 7.89. The largest absolute Gasteiger partial charge is 0.274 e. The minimum atomic E-state index is -4.08. The average Bonchev–Trinajstić information content (AvgIpc) is 3.13. The van der Waals surface area contributed by atoms with Crippen molar-refractivity contribution in [2.75, 3.05) is 11.4 Å². The maximum absolute atomic E-state index is 13.7. The van der Waals surface area contributed by atoms with Gasteiger partial charge in [-0.3, -0.25) is 9.59 Å². The maximum atomic E-state index is 13.7. The van der Waals surface area contributed by atoms with Gasteiger partial charge >= 0.3 is 0 Å². The van der Waals surface area contributed by atoms with Crippen LogP contribution in [0, 0.1) is 0 Å². The zero-order chi connectivity index (χ0) is 25.2. The van der Waals surface area contributed by atoms with E-state index in [9.17, 15) is 18.0 Å². The van der Waals surface area contributed by atoms with Gasteiger partial charge in [0.05, 0.1) is 17.0 Å². The third kappa shape index (κ3) is 5.32. The summed E-state index contributed by atoms with van der Waals surface area (Å²) in [4.78, 5) is 27.6. The summed E-state index contributed by atoms with van der Waals surface area (Å²) < 4.78 is 28.5. The fraction of sp³-hybridized carbons (Fsp3) is 0.259. The maximum Gasteiger partial charge on any atom is 0.252 e. The van der Waals surface area contributed by atoms with Gasteiger partial charge in [-0.2, -0.15) is 4.31 Å². The summed E-state index contributed by atoms with van der Waals surface area (Å²) in [6.07, 6.45) is 0.182. The highest BCUT2D eigenvalue weighted by Crippen LogP contribution is 2.31. The number of amides is 2. The summed E-state index contributed by atoms with van der Waals surface area (Å²) >= 11 is 5.96. The summed E-state index contributed by atoms with van der Waals surface area (Å²) in [5.41, 5.74) is 2.46. The Kier molecular flexibility index (Phi) is 7.40. The number of hydrogen-bond donors (Lipinski definition) is 0. The lowest BCUT2D eigenvalue weighted by molar-refractivity contribution is -0.122. The van der Waals surface area contributed by atoms with E-state index in [2.05, 4.69) is 13.8 Å². The van der Waals surface area contributed by atoms with Crippen molar-refractivity contribution in [1.29, 1.82) is 0 Å². The molecule has 4 rings (SSSR count). The number of halogens is 1. The molecule has 2 amide bonds. The first kappa shape index (κ1) is 25.1. The van der Waals surface area contributed by atoms with Crippen molar-refractivity contribution in [3.05, 3.63) is 95.0 Å². The number of carbonyl (C=O) groups is 2. The highest BCUT2D eigenvalue weighted by Gasteiger charge is 2.46. The van der Waals surface area contributed by atoms with Gasteiger partial charge in [-0.15, -0.1) is 0 Å². The minimum Gasteiger partial charge on any atom is -0.274 e. The molecule has 0 spiro atoms. The van der Waals surface area contributed by atoms with Crippen LogP contribution in [0.4, 0.5) is 5.69 Å². The molecule has 0 saturated carbocycles. The molecule has 0 aliphatic carbocycles. The lowest BCUT2D eigenvalue weighted by Crippen LogP contribution is -2.46. The SMILES string of the molecule is CC(C)c1ccc(N2C(=O)CC(N(CCc3ccccc3)S(=O)(=O)c3ccc(Cl)cc3)C2=O)cc1. The summed E-state index contributed by atoms with van der Waals surface area (Å²) in [5.74, 6) is -0.661. The Bertz CT molecular complexity index is 1310. The van der Waals surface area contributed by atoms with Crippen molar-refractivity contribution >= 4 is 39.1 Å². The smallest absolute Gasteiger partial charge is 0.252 e. The van der Waals surface area contributed by atoms with E-state index in [0.717, 1.165) is 20.3 Å². The van der Waals surface area contributed by atoms with Crippen LogP contribution in [0.15, 0.2) is 83.8 Å². The quantitative estimate of drug-likeness (QED) is 0.398. The molecule has 1 unspecified atom stereocenters. The molecule has 1 aliphatic heterocycles. The molecule has 0 aromatic heterocycles. The van der Waals surface area contributed by atoms with E-state index < -0.39 is 27.9 Å². The van der Waals surface area contributed by atoms with E-state index >= 15 is 0 Å². The van der Waals surface area contributed by atoms with E-state index in [1.165, 1.54) is 24.3 Å². The van der Waals surface area contributed by atoms with Gasteiger partial charge in [-0.25, -0.2) is 13.3 Å². The van der Waals surface area contributed by atoms with Crippen LogP contribution >= 0.6 is 11.6 Å². The molecular weight excluding hydrogens is 484 g/mol. The second kappa shape index (κ2) is 10.3. The number of hydrogen-bond acceptors (Lipinski definition) is 4. The molecule has 1 saturated heterocycles. The first-order valence-corrected chi connectivity index (χ1v) is 13.3. The standard InChI is InChI=1S/C27H27ClN2O4S/c1-19(2)21-8-12-23(13-9-21)30-26(31)18-25(27(30)32)29(17-16-20-6-4-3-5-7-20)35(33,34)24-14-10-22(28)11-15-24/h3-15,19,25H,16-18H2,1-2H3. The molecule has 1 fully saturated rings. The van der Waals surface area contributed by atoms with E-state index in [0.29, 0.717) is 23.0 Å². The molecule has 0 N–H and O–H groups in total. The molecule has 1 heterocycles. The fourth-order valence-corrected chi connectivity index (χ4v) is 5.90. The molecule has 182 valence electrons. The topological polar surface area (TPSA) is 74.8 Å². The van der Waals surface area contributed by atoms with Crippen LogP contribution in [-0.4, -0.2) is 37.1 Å². The second-order valence-corrected chi connectivity index (χ2v) is 11.2. The number of imide groups is 1. The number of benzene rings is 3. The lowest BCUT2D eigenvalue weighted by atomic mass is 10.0. The van der Waals surface area contributed by atoms with Gasteiger partial charge in [0, 0.05) is 11.6 Å². The Morgan fingerprint density at radius 3 is 2.17 bits per heavy atom. The number of rotatable bonds is 8. The van der Waals surface area contributed by atoms with Crippen molar-refractivity contribution < 1.29 is 18.0 Å². The van der Waals surface area contributed by atoms with Gasteiger partial charge in [0.1, 0.15) is 6.04 Å². The molecular formula is C27H27ClN2O4S.